The van der Waals surface area contributed by atoms with Gasteiger partial charge in [-0.2, -0.15) is 0 Å². The summed E-state index contributed by atoms with van der Waals surface area (Å²) in [5.74, 6) is 0. The van der Waals surface area contributed by atoms with E-state index < -0.39 is 0 Å². The summed E-state index contributed by atoms with van der Waals surface area (Å²) >= 11 is 0. The largest absolute Gasteiger partial charge is 0.128 e. The molecule has 1 aliphatic heterocycles. The molecule has 1 aromatic carbocycles. The highest BCUT2D eigenvalue weighted by molar-refractivity contribution is 5.39. The summed E-state index contributed by atoms with van der Waals surface area (Å²) in [7, 11) is 0. The van der Waals surface area contributed by atoms with E-state index in [0.717, 1.165) is 16.3 Å². The van der Waals surface area contributed by atoms with Crippen molar-refractivity contribution in [1.29, 1.82) is 0 Å². The topological polar surface area (TPSA) is 37.1 Å². The van der Waals surface area contributed by atoms with E-state index in [1.165, 1.54) is 0 Å². The number of benzene rings is 1. The first-order valence-corrected chi connectivity index (χ1v) is 3.46. The molecule has 3 nitrogen and oxygen atoms in total. The molecule has 0 saturated carbocycles. The molecule has 1 heterocycles. The minimum Gasteiger partial charge on any atom is -0.128 e. The lowest BCUT2D eigenvalue weighted by Gasteiger charge is -1.85. The second-order valence-electron chi connectivity index (χ2n) is 2.29. The van der Waals surface area contributed by atoms with Crippen molar-refractivity contribution in [3.8, 4) is 0 Å². The molecule has 0 N–H and O–H groups in total. The summed E-state index contributed by atoms with van der Waals surface area (Å²) in [6.07, 6.45) is 2.00. The van der Waals surface area contributed by atoms with Crippen LogP contribution in [0.4, 0.5) is 5.69 Å². The molecule has 2 rings (SSSR count). The molecule has 0 spiro atoms. The fraction of sp³-hybridized carbons (Fsp3) is 0.125. The molecule has 3 heteroatoms. The fourth-order valence-electron chi connectivity index (χ4n) is 1.09. The summed E-state index contributed by atoms with van der Waals surface area (Å²) in [5.41, 5.74) is 0.862. The first-order chi connectivity index (χ1) is 5.42. The fourth-order valence-corrected chi connectivity index (χ4v) is 1.09. The van der Waals surface area contributed by atoms with Crippen LogP contribution in [0.15, 0.2) is 33.6 Å². The monoisotopic (exact) mass is 145 g/mol. The van der Waals surface area contributed by atoms with Crippen LogP contribution >= 0.6 is 0 Å². The minimum absolute atomic E-state index is 0.862. The third-order valence-corrected chi connectivity index (χ3v) is 1.65. The highest BCUT2D eigenvalue weighted by Gasteiger charge is 1.99. The van der Waals surface area contributed by atoms with Gasteiger partial charge < -0.3 is 0 Å². The second-order valence-corrected chi connectivity index (χ2v) is 2.29. The molecule has 11 heavy (non-hydrogen) atoms. The van der Waals surface area contributed by atoms with E-state index in [9.17, 15) is 0 Å². The van der Waals surface area contributed by atoms with E-state index in [4.69, 9.17) is 0 Å². The smallest absolute Gasteiger partial charge is 0.122 e. The van der Waals surface area contributed by atoms with Crippen molar-refractivity contribution in [3.05, 3.63) is 28.8 Å². The van der Waals surface area contributed by atoms with Crippen LogP contribution in [0.25, 0.3) is 6.08 Å². The van der Waals surface area contributed by atoms with E-state index in [2.05, 4.69) is 15.4 Å². The average molecular weight is 145 g/mol. The molecule has 1 aliphatic rings. The zero-order valence-electron chi connectivity index (χ0n) is 6.15. The van der Waals surface area contributed by atoms with Gasteiger partial charge >= 0.3 is 0 Å². The molecular formula is C8H7N3. The molecule has 0 saturated heterocycles. The standard InChI is InChI=1S/C8H7N3/c1-2-6-4-3-5-7-8(6)10-11-9-7/h2-5H,1H3. The molecule has 0 aromatic heterocycles. The second kappa shape index (κ2) is 2.27. The van der Waals surface area contributed by atoms with Crippen molar-refractivity contribution in [3.63, 3.8) is 0 Å². The molecule has 54 valence electrons. The van der Waals surface area contributed by atoms with Crippen LogP contribution in [-0.4, -0.2) is 0 Å². The molecule has 0 amide bonds. The Morgan fingerprint density at radius 3 is 3.09 bits per heavy atom. The van der Waals surface area contributed by atoms with Crippen LogP contribution in [0.3, 0.4) is 0 Å². The van der Waals surface area contributed by atoms with Gasteiger partial charge in [-0.3, -0.25) is 0 Å². The maximum absolute atomic E-state index is 3.90. The lowest BCUT2D eigenvalue weighted by molar-refractivity contribution is 1.08. The Labute approximate surface area is 63.8 Å². The lowest BCUT2D eigenvalue weighted by Crippen LogP contribution is -2.22. The quantitative estimate of drug-likeness (QED) is 0.524. The van der Waals surface area contributed by atoms with Gasteiger partial charge in [0.05, 0.1) is 0 Å². The summed E-state index contributed by atoms with van der Waals surface area (Å²) < 4.78 is 0. The zero-order chi connectivity index (χ0) is 7.68. The van der Waals surface area contributed by atoms with E-state index in [0.29, 0.717) is 0 Å². The van der Waals surface area contributed by atoms with Crippen LogP contribution < -0.4 is 10.6 Å². The maximum Gasteiger partial charge on any atom is 0.122 e. The summed E-state index contributed by atoms with van der Waals surface area (Å²) in [5, 5.41) is 13.3. The van der Waals surface area contributed by atoms with Crippen LogP contribution in [0.5, 0.6) is 0 Å². The predicted octanol–water partition coefficient (Wildman–Crippen LogP) is 1.12. The van der Waals surface area contributed by atoms with Gasteiger partial charge in [0.2, 0.25) is 0 Å². The Kier molecular flexibility index (Phi) is 1.28. The van der Waals surface area contributed by atoms with Gasteiger partial charge in [-0.1, -0.05) is 18.2 Å². The summed E-state index contributed by atoms with van der Waals surface area (Å²) in [6.45, 7) is 1.98. The highest BCUT2D eigenvalue weighted by Crippen LogP contribution is 2.06. The van der Waals surface area contributed by atoms with E-state index in [1.807, 2.05) is 31.2 Å². The van der Waals surface area contributed by atoms with Crippen LogP contribution in [0, 0.1) is 0 Å². The molecule has 0 unspecified atom stereocenters. The van der Waals surface area contributed by atoms with E-state index in [1.54, 1.807) is 0 Å². The number of fused-ring (bicyclic) bond motifs is 1. The van der Waals surface area contributed by atoms with Gasteiger partial charge in [0.15, 0.2) is 0 Å². The Morgan fingerprint density at radius 2 is 2.27 bits per heavy atom. The Balaban J connectivity index is 2.93. The van der Waals surface area contributed by atoms with Gasteiger partial charge in [-0.05, 0) is 18.2 Å². The lowest BCUT2D eigenvalue weighted by atomic mass is 10.2. The minimum atomic E-state index is 0.862. The molecule has 0 fully saturated rings. The summed E-state index contributed by atoms with van der Waals surface area (Å²) in [6, 6.07) is 5.86. The van der Waals surface area contributed by atoms with Gasteiger partial charge in [0.1, 0.15) is 11.0 Å². The molecule has 0 bridgehead atoms. The molecule has 0 radical (unpaired) electrons. The average Bonchev–Trinajstić information content (AvgIpc) is 2.50. The van der Waals surface area contributed by atoms with Crippen molar-refractivity contribution in [1.82, 2.24) is 0 Å². The van der Waals surface area contributed by atoms with Crippen molar-refractivity contribution in [2.75, 3.05) is 0 Å². The first-order valence-electron chi connectivity index (χ1n) is 3.46. The van der Waals surface area contributed by atoms with Crippen LogP contribution in [0.1, 0.15) is 6.92 Å². The van der Waals surface area contributed by atoms with Crippen molar-refractivity contribution >= 4 is 11.8 Å². The van der Waals surface area contributed by atoms with Crippen LogP contribution in [0.2, 0.25) is 0 Å². The normalized spacial score (nSPS) is 14.8. The third-order valence-electron chi connectivity index (χ3n) is 1.65. The van der Waals surface area contributed by atoms with E-state index >= 15 is 0 Å². The van der Waals surface area contributed by atoms with Gasteiger partial charge in [0, 0.05) is 5.22 Å². The molecule has 0 aliphatic carbocycles. The number of nitrogens with zero attached hydrogens (tertiary/aromatic N) is 3. The predicted molar refractivity (Wildman–Crippen MR) is 41.9 cm³/mol. The van der Waals surface area contributed by atoms with Crippen molar-refractivity contribution in [2.45, 2.75) is 6.92 Å². The number of hydrogen-bond donors (Lipinski definition) is 0. The zero-order valence-corrected chi connectivity index (χ0v) is 6.15. The first kappa shape index (κ1) is 6.22. The Bertz CT molecular complexity index is 417. The van der Waals surface area contributed by atoms with Gasteiger partial charge in [-0.15, -0.1) is 10.2 Å². The van der Waals surface area contributed by atoms with Crippen molar-refractivity contribution in [2.24, 2.45) is 15.4 Å². The molecule has 1 aromatic rings. The highest BCUT2D eigenvalue weighted by atomic mass is 15.4. The maximum atomic E-state index is 3.90. The van der Waals surface area contributed by atoms with Crippen LogP contribution in [-0.2, 0) is 0 Å². The van der Waals surface area contributed by atoms with Crippen molar-refractivity contribution < 1.29 is 0 Å². The van der Waals surface area contributed by atoms with Gasteiger partial charge in [0.25, 0.3) is 0 Å². The SMILES string of the molecule is CC=c1cccc2c1=NN=N2. The summed E-state index contributed by atoms with van der Waals surface area (Å²) in [4.78, 5) is 0. The number of rotatable bonds is 0. The number of hydrogen-bond acceptors (Lipinski definition) is 3. The molecule has 0 atom stereocenters. The Hall–Kier alpha value is -1.51. The van der Waals surface area contributed by atoms with E-state index in [-0.39, 0.29) is 0 Å². The van der Waals surface area contributed by atoms with Gasteiger partial charge in [-0.25, -0.2) is 0 Å². The molecular weight excluding hydrogens is 138 g/mol. The Morgan fingerprint density at radius 1 is 1.36 bits per heavy atom. The third kappa shape index (κ3) is 0.852.